The number of furan rings is 1. The van der Waals surface area contributed by atoms with Gasteiger partial charge in [0.25, 0.3) is 0 Å². The molecule has 0 saturated carbocycles. The number of aromatic nitrogens is 2. The van der Waals surface area contributed by atoms with Crippen LogP contribution in [0.25, 0.3) is 22.2 Å². The number of hydrogen-bond donors (Lipinski definition) is 1. The van der Waals surface area contributed by atoms with Crippen molar-refractivity contribution in [3.63, 3.8) is 0 Å². The summed E-state index contributed by atoms with van der Waals surface area (Å²) in [6.07, 6.45) is -1.27. The van der Waals surface area contributed by atoms with Crippen LogP contribution >= 0.6 is 15.9 Å². The van der Waals surface area contributed by atoms with Crippen LogP contribution in [0.1, 0.15) is 16.8 Å². The van der Waals surface area contributed by atoms with E-state index in [1.54, 1.807) is 18.2 Å². The van der Waals surface area contributed by atoms with Gasteiger partial charge in [-0.05, 0) is 24.3 Å². The summed E-state index contributed by atoms with van der Waals surface area (Å²) in [5.74, 6) is 0.0601. The van der Waals surface area contributed by atoms with Crippen molar-refractivity contribution in [3.05, 3.63) is 70.9 Å². The fraction of sp³-hybridized carbons (Fsp3) is 0.100. The number of nitrogens with zero attached hydrogens (tertiary/aromatic N) is 4. The lowest BCUT2D eigenvalue weighted by Gasteiger charge is -2.20. The van der Waals surface area contributed by atoms with Crippen molar-refractivity contribution >= 4 is 38.5 Å². The molecule has 0 saturated heterocycles. The molecule has 0 spiro atoms. The van der Waals surface area contributed by atoms with Gasteiger partial charge in [-0.1, -0.05) is 46.3 Å². The first-order chi connectivity index (χ1) is 13.6. The molecule has 4 aromatic rings. The van der Waals surface area contributed by atoms with Crippen LogP contribution in [0.15, 0.2) is 79.8 Å². The van der Waals surface area contributed by atoms with E-state index in [4.69, 9.17) is 4.42 Å². The largest absolute Gasteiger partial charge is 0.453 e. The van der Waals surface area contributed by atoms with Crippen LogP contribution in [0.4, 0.5) is 5.82 Å². The van der Waals surface area contributed by atoms with Gasteiger partial charge in [0.2, 0.25) is 5.78 Å². The Morgan fingerprint density at radius 1 is 1.11 bits per heavy atom. The lowest BCUT2D eigenvalue weighted by Crippen LogP contribution is -2.32. The molecule has 7 nitrogen and oxygen atoms in total. The number of benzene rings is 2. The van der Waals surface area contributed by atoms with Crippen molar-refractivity contribution < 1.29 is 14.3 Å². The second-order valence-electron chi connectivity index (χ2n) is 6.43. The summed E-state index contributed by atoms with van der Waals surface area (Å²) < 4.78 is 7.83. The van der Waals surface area contributed by atoms with Crippen LogP contribution in [-0.4, -0.2) is 26.7 Å². The molecular weight excluding hydrogens is 424 g/mol. The van der Waals surface area contributed by atoms with E-state index in [0.29, 0.717) is 17.1 Å². The zero-order chi connectivity index (χ0) is 19.3. The molecule has 2 atom stereocenters. The second kappa shape index (κ2) is 6.50. The lowest BCUT2D eigenvalue weighted by molar-refractivity contribution is 0.0468. The molecule has 2 unspecified atom stereocenters. The summed E-state index contributed by atoms with van der Waals surface area (Å²) in [5.41, 5.74) is 2.12. The minimum absolute atomic E-state index is 0.120. The number of halogens is 1. The summed E-state index contributed by atoms with van der Waals surface area (Å²) in [7, 11) is 0. The first kappa shape index (κ1) is 17.0. The number of aliphatic hydroxyl groups excluding tert-OH is 1. The molecule has 28 heavy (non-hydrogen) atoms. The minimum Gasteiger partial charge on any atom is -0.453 e. The van der Waals surface area contributed by atoms with Crippen molar-refractivity contribution in [1.82, 2.24) is 9.78 Å². The van der Waals surface area contributed by atoms with Crippen LogP contribution in [0.3, 0.4) is 0 Å². The van der Waals surface area contributed by atoms with E-state index in [-0.39, 0.29) is 5.76 Å². The first-order valence-corrected chi connectivity index (χ1v) is 9.37. The van der Waals surface area contributed by atoms with Crippen molar-refractivity contribution in [2.24, 2.45) is 10.2 Å². The predicted molar refractivity (Wildman–Crippen MR) is 105 cm³/mol. The average Bonchev–Trinajstić information content (AvgIpc) is 3.33. The Hall–Kier alpha value is -3.10. The van der Waals surface area contributed by atoms with E-state index in [9.17, 15) is 9.90 Å². The van der Waals surface area contributed by atoms with Crippen molar-refractivity contribution in [1.29, 1.82) is 0 Å². The molecule has 5 rings (SSSR count). The smallest absolute Gasteiger partial charge is 0.229 e. The molecular formula is C20H13BrN4O3. The Balaban J connectivity index is 1.47. The number of azo groups is 1. The molecule has 1 aliphatic rings. The van der Waals surface area contributed by atoms with Gasteiger partial charge in [0.1, 0.15) is 5.58 Å². The number of rotatable bonds is 3. The summed E-state index contributed by atoms with van der Waals surface area (Å²) in [5, 5.41) is 24.0. The van der Waals surface area contributed by atoms with Crippen LogP contribution < -0.4 is 0 Å². The van der Waals surface area contributed by atoms with Gasteiger partial charge in [0, 0.05) is 21.5 Å². The Labute approximate surface area is 167 Å². The second-order valence-corrected chi connectivity index (χ2v) is 7.35. The molecule has 1 aliphatic heterocycles. The summed E-state index contributed by atoms with van der Waals surface area (Å²) >= 11 is 3.39. The van der Waals surface area contributed by atoms with E-state index in [1.165, 1.54) is 4.68 Å². The summed E-state index contributed by atoms with van der Waals surface area (Å²) in [6.45, 7) is 0. The molecule has 138 valence electrons. The molecule has 0 amide bonds. The highest BCUT2D eigenvalue weighted by Gasteiger charge is 2.36. The fourth-order valence-electron chi connectivity index (χ4n) is 3.19. The maximum Gasteiger partial charge on any atom is 0.229 e. The number of ketones is 1. The standard InChI is InChI=1S/C20H13BrN4O3/c21-13-6-7-15-12(8-13)9-16(28-15)19(26)18-20(27)25-17(22-23-18)10-14(24-25)11-4-2-1-3-5-11/h1-10,18,20,27H. The maximum absolute atomic E-state index is 12.9. The first-order valence-electron chi connectivity index (χ1n) is 8.57. The van der Waals surface area contributed by atoms with E-state index in [0.717, 1.165) is 15.4 Å². The average molecular weight is 437 g/mol. The monoisotopic (exact) mass is 436 g/mol. The molecule has 8 heteroatoms. The third-order valence-electron chi connectivity index (χ3n) is 4.59. The molecule has 1 N–H and O–H groups in total. The zero-order valence-electron chi connectivity index (χ0n) is 14.4. The van der Waals surface area contributed by atoms with Crippen molar-refractivity contribution in [2.45, 2.75) is 12.3 Å². The van der Waals surface area contributed by atoms with Crippen LogP contribution in [-0.2, 0) is 0 Å². The highest BCUT2D eigenvalue weighted by atomic mass is 79.9. The van der Waals surface area contributed by atoms with Crippen LogP contribution in [0, 0.1) is 0 Å². The Morgan fingerprint density at radius 3 is 2.75 bits per heavy atom. The van der Waals surface area contributed by atoms with Gasteiger partial charge in [-0.3, -0.25) is 4.79 Å². The van der Waals surface area contributed by atoms with Gasteiger partial charge in [-0.15, -0.1) is 5.11 Å². The zero-order valence-corrected chi connectivity index (χ0v) is 15.9. The molecule has 0 aliphatic carbocycles. The SMILES string of the molecule is O=C(c1cc2cc(Br)ccc2o1)C1N=Nc2cc(-c3ccccc3)nn2C1O. The third-order valence-corrected chi connectivity index (χ3v) is 5.09. The fourth-order valence-corrected chi connectivity index (χ4v) is 3.57. The van der Waals surface area contributed by atoms with E-state index in [1.807, 2.05) is 42.5 Å². The Kier molecular flexibility index (Phi) is 3.96. The van der Waals surface area contributed by atoms with E-state index in [2.05, 4.69) is 31.3 Å². The van der Waals surface area contributed by atoms with Gasteiger partial charge < -0.3 is 9.52 Å². The highest BCUT2D eigenvalue weighted by molar-refractivity contribution is 9.10. The van der Waals surface area contributed by atoms with E-state index < -0.39 is 18.1 Å². The number of carbonyl (C=O) groups excluding carboxylic acids is 1. The van der Waals surface area contributed by atoms with Gasteiger partial charge >= 0.3 is 0 Å². The Bertz CT molecular complexity index is 1230. The third kappa shape index (κ3) is 2.78. The number of Topliss-reactive ketones (excluding diaryl/α,β-unsaturated/α-hetero) is 1. The molecule has 0 fully saturated rings. The molecule has 0 radical (unpaired) electrons. The molecule has 2 aromatic carbocycles. The van der Waals surface area contributed by atoms with Crippen molar-refractivity contribution in [3.8, 4) is 11.3 Å². The molecule has 3 heterocycles. The highest BCUT2D eigenvalue weighted by Crippen LogP contribution is 2.33. The summed E-state index contributed by atoms with van der Waals surface area (Å²) in [4.78, 5) is 12.9. The van der Waals surface area contributed by atoms with Gasteiger partial charge in [0.05, 0.1) is 5.69 Å². The van der Waals surface area contributed by atoms with Crippen LogP contribution in [0.5, 0.6) is 0 Å². The lowest BCUT2D eigenvalue weighted by atomic mass is 10.1. The van der Waals surface area contributed by atoms with Gasteiger partial charge in [0.15, 0.2) is 23.8 Å². The topological polar surface area (TPSA) is 93.0 Å². The predicted octanol–water partition coefficient (Wildman–Crippen LogP) is 4.90. The number of hydrogen-bond acceptors (Lipinski definition) is 6. The number of carbonyl (C=O) groups is 1. The quantitative estimate of drug-likeness (QED) is 0.462. The minimum atomic E-state index is -1.27. The normalized spacial score (nSPS) is 18.4. The molecule has 0 bridgehead atoms. The van der Waals surface area contributed by atoms with Gasteiger partial charge in [-0.25, -0.2) is 4.68 Å². The van der Waals surface area contributed by atoms with E-state index >= 15 is 0 Å². The summed E-state index contributed by atoms with van der Waals surface area (Å²) in [6, 6.07) is 17.2. The number of aliphatic hydroxyl groups is 1. The van der Waals surface area contributed by atoms with Crippen molar-refractivity contribution in [2.75, 3.05) is 0 Å². The number of fused-ring (bicyclic) bond motifs is 2. The van der Waals surface area contributed by atoms with Gasteiger partial charge in [-0.2, -0.15) is 10.2 Å². The molecule has 2 aromatic heterocycles. The van der Waals surface area contributed by atoms with Crippen LogP contribution in [0.2, 0.25) is 0 Å². The Morgan fingerprint density at radius 2 is 1.93 bits per heavy atom. The maximum atomic E-state index is 12.9.